The third kappa shape index (κ3) is 4.29. The van der Waals surface area contributed by atoms with Crippen LogP contribution in [0.15, 0.2) is 23.0 Å². The molecule has 0 saturated carbocycles. The molecule has 0 atom stereocenters. The van der Waals surface area contributed by atoms with Gasteiger partial charge in [-0.25, -0.2) is 9.78 Å². The highest BCUT2D eigenvalue weighted by atomic mass is 16.6. The molecule has 0 aromatic carbocycles. The predicted octanol–water partition coefficient (Wildman–Crippen LogP) is 3.98. The molecule has 1 amide bonds. The van der Waals surface area contributed by atoms with Crippen LogP contribution in [0.4, 0.5) is 4.79 Å². The summed E-state index contributed by atoms with van der Waals surface area (Å²) in [6.07, 6.45) is 1.26. The second-order valence-corrected chi connectivity index (χ2v) is 10.4. The number of carbonyl (C=O) groups is 1. The third-order valence-corrected chi connectivity index (χ3v) is 5.64. The number of pyridine rings is 1. The molecule has 8 nitrogen and oxygen atoms in total. The topological polar surface area (TPSA) is 92.6 Å². The van der Waals surface area contributed by atoms with Crippen LogP contribution in [0, 0.1) is 0 Å². The van der Waals surface area contributed by atoms with Gasteiger partial charge < -0.3 is 14.6 Å². The minimum absolute atomic E-state index is 0.0960. The van der Waals surface area contributed by atoms with Crippen molar-refractivity contribution in [1.82, 2.24) is 24.5 Å². The quantitative estimate of drug-likeness (QED) is 0.637. The molecule has 0 spiro atoms. The SMILES string of the molecule is CC(C)(C)OC(=O)N1CCC(c2cc(=O)n3nc4nc(C(C)(C)C)ccc4c3[nH]2)CC1. The zero-order valence-corrected chi connectivity index (χ0v) is 19.2. The largest absolute Gasteiger partial charge is 0.444 e. The summed E-state index contributed by atoms with van der Waals surface area (Å²) in [5.74, 6) is 0.170. The Hall–Kier alpha value is -2.90. The Balaban J connectivity index is 1.60. The Morgan fingerprint density at radius 1 is 1.13 bits per heavy atom. The standard InChI is InChI=1S/C23H31N5O3/c1-22(2,3)17-8-7-15-19(25-17)26-28-18(29)13-16(24-20(15)28)14-9-11-27(12-10-14)21(30)31-23(4,5)6/h7-8,13-14,24H,9-12H2,1-6H3. The highest BCUT2D eigenvalue weighted by Crippen LogP contribution is 2.29. The molecular formula is C23H31N5O3. The normalized spacial score (nSPS) is 16.3. The van der Waals surface area contributed by atoms with E-state index >= 15 is 0 Å². The first-order valence-electron chi connectivity index (χ1n) is 10.8. The van der Waals surface area contributed by atoms with Crippen molar-refractivity contribution in [3.63, 3.8) is 0 Å². The number of fused-ring (bicyclic) bond motifs is 3. The highest BCUT2D eigenvalue weighted by Gasteiger charge is 2.28. The lowest BCUT2D eigenvalue weighted by Gasteiger charge is -2.33. The molecule has 8 heteroatoms. The van der Waals surface area contributed by atoms with Gasteiger partial charge in [-0.05, 0) is 45.7 Å². The zero-order valence-electron chi connectivity index (χ0n) is 19.2. The molecule has 166 valence electrons. The van der Waals surface area contributed by atoms with Crippen molar-refractivity contribution in [3.05, 3.63) is 39.9 Å². The van der Waals surface area contributed by atoms with Crippen LogP contribution in [0.3, 0.4) is 0 Å². The minimum atomic E-state index is -0.506. The lowest BCUT2D eigenvalue weighted by Crippen LogP contribution is -2.41. The molecule has 0 radical (unpaired) electrons. The molecule has 0 unspecified atom stereocenters. The predicted molar refractivity (Wildman–Crippen MR) is 120 cm³/mol. The van der Waals surface area contributed by atoms with Gasteiger partial charge in [0.15, 0.2) is 5.65 Å². The fraction of sp³-hybridized carbons (Fsp3) is 0.565. The number of aromatic amines is 1. The van der Waals surface area contributed by atoms with Crippen LogP contribution < -0.4 is 5.56 Å². The number of H-pyrrole nitrogens is 1. The molecule has 1 aliphatic rings. The van der Waals surface area contributed by atoms with Gasteiger partial charge in [0.2, 0.25) is 0 Å². The summed E-state index contributed by atoms with van der Waals surface area (Å²) < 4.78 is 6.87. The van der Waals surface area contributed by atoms with Crippen molar-refractivity contribution >= 4 is 22.8 Å². The monoisotopic (exact) mass is 425 g/mol. The van der Waals surface area contributed by atoms with Crippen LogP contribution in [-0.4, -0.2) is 49.3 Å². The first-order chi connectivity index (χ1) is 14.4. The summed E-state index contributed by atoms with van der Waals surface area (Å²) in [5, 5.41) is 5.27. The fourth-order valence-electron chi connectivity index (χ4n) is 3.95. The van der Waals surface area contributed by atoms with Gasteiger partial charge in [-0.1, -0.05) is 20.8 Å². The number of amides is 1. The average Bonchev–Trinajstić information content (AvgIpc) is 3.05. The van der Waals surface area contributed by atoms with Crippen molar-refractivity contribution in [2.45, 2.75) is 71.3 Å². The fourth-order valence-corrected chi connectivity index (χ4v) is 3.95. The molecule has 0 aliphatic carbocycles. The van der Waals surface area contributed by atoms with Gasteiger partial charge in [-0.2, -0.15) is 4.52 Å². The third-order valence-electron chi connectivity index (χ3n) is 5.64. The van der Waals surface area contributed by atoms with Gasteiger partial charge in [0.1, 0.15) is 11.2 Å². The first-order valence-corrected chi connectivity index (χ1v) is 10.8. The number of ether oxygens (including phenoxy) is 1. The van der Waals surface area contributed by atoms with E-state index in [9.17, 15) is 9.59 Å². The summed E-state index contributed by atoms with van der Waals surface area (Å²) in [6, 6.07) is 5.60. The van der Waals surface area contributed by atoms with Crippen molar-refractivity contribution < 1.29 is 9.53 Å². The molecule has 1 saturated heterocycles. The maximum atomic E-state index is 12.8. The molecular weight excluding hydrogens is 394 g/mol. The maximum absolute atomic E-state index is 12.8. The Morgan fingerprint density at radius 3 is 2.42 bits per heavy atom. The highest BCUT2D eigenvalue weighted by molar-refractivity contribution is 5.89. The van der Waals surface area contributed by atoms with E-state index in [0.29, 0.717) is 24.4 Å². The lowest BCUT2D eigenvalue weighted by atomic mass is 9.91. The second kappa shape index (κ2) is 7.35. The van der Waals surface area contributed by atoms with Gasteiger partial charge in [0, 0.05) is 41.9 Å². The van der Waals surface area contributed by atoms with Crippen molar-refractivity contribution in [1.29, 1.82) is 0 Å². The number of piperidine rings is 1. The molecule has 4 heterocycles. The Bertz CT molecular complexity index is 1190. The summed E-state index contributed by atoms with van der Waals surface area (Å²) in [5.41, 5.74) is 2.27. The van der Waals surface area contributed by atoms with Gasteiger partial charge in [0.05, 0.1) is 5.39 Å². The van der Waals surface area contributed by atoms with Crippen LogP contribution in [0.1, 0.15) is 71.7 Å². The van der Waals surface area contributed by atoms with E-state index in [4.69, 9.17) is 4.74 Å². The van der Waals surface area contributed by atoms with Gasteiger partial charge in [-0.3, -0.25) is 4.79 Å². The van der Waals surface area contributed by atoms with E-state index in [1.807, 2.05) is 32.9 Å². The van der Waals surface area contributed by atoms with Crippen molar-refractivity contribution in [2.24, 2.45) is 0 Å². The lowest BCUT2D eigenvalue weighted by molar-refractivity contribution is 0.0204. The summed E-state index contributed by atoms with van der Waals surface area (Å²) in [4.78, 5) is 35.0. The first kappa shape index (κ1) is 21.3. The molecule has 4 rings (SSSR count). The number of carbonyl (C=O) groups excluding carboxylic acids is 1. The Labute approximate surface area is 181 Å². The molecule has 3 aromatic heterocycles. The van der Waals surface area contributed by atoms with Crippen LogP contribution >= 0.6 is 0 Å². The van der Waals surface area contributed by atoms with E-state index in [-0.39, 0.29) is 23.0 Å². The van der Waals surface area contributed by atoms with Crippen molar-refractivity contribution in [2.75, 3.05) is 13.1 Å². The number of hydrogen-bond donors (Lipinski definition) is 1. The van der Waals surface area contributed by atoms with Crippen LogP contribution in [0.25, 0.3) is 16.7 Å². The van der Waals surface area contributed by atoms with Crippen molar-refractivity contribution in [3.8, 4) is 0 Å². The van der Waals surface area contributed by atoms with Gasteiger partial charge in [0.25, 0.3) is 5.56 Å². The second-order valence-electron chi connectivity index (χ2n) is 10.4. The van der Waals surface area contributed by atoms with E-state index in [2.05, 4.69) is 35.8 Å². The van der Waals surface area contributed by atoms with E-state index in [0.717, 1.165) is 29.6 Å². The number of nitrogens with zero attached hydrogens (tertiary/aromatic N) is 4. The molecule has 31 heavy (non-hydrogen) atoms. The van der Waals surface area contributed by atoms with Gasteiger partial charge in [-0.15, -0.1) is 5.10 Å². The molecule has 1 fully saturated rings. The molecule has 1 N–H and O–H groups in total. The van der Waals surface area contributed by atoms with E-state index in [1.54, 1.807) is 11.0 Å². The molecule has 0 bridgehead atoms. The van der Waals surface area contributed by atoms with E-state index < -0.39 is 5.60 Å². The number of hydrogen-bond acceptors (Lipinski definition) is 5. The smallest absolute Gasteiger partial charge is 0.410 e. The van der Waals surface area contributed by atoms with Crippen LogP contribution in [-0.2, 0) is 10.2 Å². The summed E-state index contributed by atoms with van der Waals surface area (Å²) >= 11 is 0. The Morgan fingerprint density at radius 2 is 1.81 bits per heavy atom. The zero-order chi connectivity index (χ0) is 22.6. The average molecular weight is 426 g/mol. The van der Waals surface area contributed by atoms with Gasteiger partial charge >= 0.3 is 6.09 Å². The minimum Gasteiger partial charge on any atom is -0.444 e. The van der Waals surface area contributed by atoms with E-state index in [1.165, 1.54) is 4.52 Å². The number of likely N-dealkylation sites (tertiary alicyclic amines) is 1. The number of aromatic nitrogens is 4. The summed E-state index contributed by atoms with van der Waals surface area (Å²) in [7, 11) is 0. The molecule has 3 aromatic rings. The van der Waals surface area contributed by atoms with Crippen LogP contribution in [0.5, 0.6) is 0 Å². The molecule has 1 aliphatic heterocycles. The Kier molecular flexibility index (Phi) is 5.06. The number of nitrogens with one attached hydrogen (secondary N) is 1. The summed E-state index contributed by atoms with van der Waals surface area (Å²) in [6.45, 7) is 13.1. The maximum Gasteiger partial charge on any atom is 0.410 e. The van der Waals surface area contributed by atoms with Crippen LogP contribution in [0.2, 0.25) is 0 Å². The number of rotatable bonds is 1.